The average molecular weight is 466 g/mol. The second kappa shape index (κ2) is 13.1. The number of fused-ring (bicyclic) bond motifs is 1. The standard InChI is InChI=1S/C25H39NO5S/c1-3-4-5-6-7-8-9-10-13-21(28)19-26(18-20(2)27)24-16-17-25(32(29,30)31)23-15-12-11-14-22(23)24/h11-12,14-17,20-21,27-28H,3-10,13,18-19H2,1-2H3,(H,29,30,31). The molecule has 2 aromatic rings. The molecule has 0 heterocycles. The van der Waals surface area contributed by atoms with Gasteiger partial charge >= 0.3 is 0 Å². The van der Waals surface area contributed by atoms with Gasteiger partial charge in [0.1, 0.15) is 4.90 Å². The number of aliphatic hydroxyl groups is 2. The number of benzene rings is 2. The third-order valence-electron chi connectivity index (χ3n) is 5.79. The van der Waals surface area contributed by atoms with Crippen LogP contribution in [0.15, 0.2) is 41.3 Å². The Morgan fingerprint density at radius 3 is 2.03 bits per heavy atom. The fraction of sp³-hybridized carbons (Fsp3) is 0.600. The van der Waals surface area contributed by atoms with Crippen molar-refractivity contribution in [3.05, 3.63) is 36.4 Å². The van der Waals surface area contributed by atoms with Crippen molar-refractivity contribution in [3.63, 3.8) is 0 Å². The summed E-state index contributed by atoms with van der Waals surface area (Å²) in [6, 6.07) is 9.98. The first-order valence-electron chi connectivity index (χ1n) is 11.8. The number of unbranched alkanes of at least 4 members (excludes halogenated alkanes) is 7. The number of hydrogen-bond acceptors (Lipinski definition) is 5. The molecule has 0 saturated carbocycles. The van der Waals surface area contributed by atoms with E-state index in [0.29, 0.717) is 30.3 Å². The minimum absolute atomic E-state index is 0.145. The zero-order valence-electron chi connectivity index (χ0n) is 19.4. The van der Waals surface area contributed by atoms with Gasteiger partial charge < -0.3 is 15.1 Å². The van der Waals surface area contributed by atoms with Crippen molar-refractivity contribution < 1.29 is 23.2 Å². The van der Waals surface area contributed by atoms with Crippen LogP contribution in [0.3, 0.4) is 0 Å². The summed E-state index contributed by atoms with van der Waals surface area (Å²) in [5, 5.41) is 21.8. The van der Waals surface area contributed by atoms with E-state index in [9.17, 15) is 23.2 Å². The molecule has 0 aliphatic heterocycles. The number of anilines is 1. The molecule has 0 radical (unpaired) electrons. The molecule has 2 aromatic carbocycles. The van der Waals surface area contributed by atoms with E-state index in [0.717, 1.165) is 18.5 Å². The van der Waals surface area contributed by atoms with Gasteiger partial charge in [0.15, 0.2) is 0 Å². The van der Waals surface area contributed by atoms with Crippen molar-refractivity contribution in [3.8, 4) is 0 Å². The lowest BCUT2D eigenvalue weighted by molar-refractivity contribution is 0.156. The molecule has 3 N–H and O–H groups in total. The van der Waals surface area contributed by atoms with Gasteiger partial charge in [-0.05, 0) is 25.5 Å². The number of aliphatic hydroxyl groups excluding tert-OH is 2. The van der Waals surface area contributed by atoms with E-state index in [2.05, 4.69) is 6.92 Å². The van der Waals surface area contributed by atoms with Gasteiger partial charge in [-0.3, -0.25) is 4.55 Å². The van der Waals surface area contributed by atoms with E-state index in [1.165, 1.54) is 44.6 Å². The van der Waals surface area contributed by atoms with Crippen LogP contribution in [-0.2, 0) is 10.1 Å². The summed E-state index contributed by atoms with van der Waals surface area (Å²) in [6.45, 7) is 4.56. The van der Waals surface area contributed by atoms with E-state index >= 15 is 0 Å². The number of nitrogens with zero attached hydrogens (tertiary/aromatic N) is 1. The van der Waals surface area contributed by atoms with E-state index in [4.69, 9.17) is 0 Å². The van der Waals surface area contributed by atoms with Crippen LogP contribution in [0.2, 0.25) is 0 Å². The first kappa shape index (κ1) is 26.6. The zero-order chi connectivity index (χ0) is 23.6. The Labute approximate surface area is 193 Å². The monoisotopic (exact) mass is 465 g/mol. The van der Waals surface area contributed by atoms with Crippen molar-refractivity contribution in [2.75, 3.05) is 18.0 Å². The Bertz CT molecular complexity index is 929. The van der Waals surface area contributed by atoms with E-state index in [1.54, 1.807) is 37.3 Å². The highest BCUT2D eigenvalue weighted by Crippen LogP contribution is 2.32. The van der Waals surface area contributed by atoms with Gasteiger partial charge in [-0.1, -0.05) is 82.6 Å². The third-order valence-corrected chi connectivity index (χ3v) is 6.70. The quantitative estimate of drug-likeness (QED) is 0.248. The van der Waals surface area contributed by atoms with Gasteiger partial charge in [0.05, 0.1) is 12.2 Å². The van der Waals surface area contributed by atoms with Crippen LogP contribution in [0.25, 0.3) is 10.8 Å². The molecule has 0 fully saturated rings. The summed E-state index contributed by atoms with van der Waals surface area (Å²) in [6.07, 6.45) is 9.16. The summed E-state index contributed by atoms with van der Waals surface area (Å²) in [4.78, 5) is 1.75. The maximum atomic E-state index is 11.8. The van der Waals surface area contributed by atoms with E-state index in [1.807, 2.05) is 4.90 Å². The molecule has 2 rings (SSSR count). The molecule has 2 atom stereocenters. The molecule has 0 aliphatic carbocycles. The van der Waals surface area contributed by atoms with Crippen molar-refractivity contribution in [1.82, 2.24) is 0 Å². The highest BCUT2D eigenvalue weighted by molar-refractivity contribution is 7.86. The molecule has 0 aromatic heterocycles. The van der Waals surface area contributed by atoms with Gasteiger partial charge in [-0.25, -0.2) is 0 Å². The lowest BCUT2D eigenvalue weighted by atomic mass is 10.0. The molecule has 6 nitrogen and oxygen atoms in total. The summed E-state index contributed by atoms with van der Waals surface area (Å²) in [5.41, 5.74) is 0.726. The van der Waals surface area contributed by atoms with Crippen molar-refractivity contribution in [1.29, 1.82) is 0 Å². The average Bonchev–Trinajstić information content (AvgIpc) is 2.73. The normalized spacial score (nSPS) is 13.9. The molecule has 7 heteroatoms. The molecule has 32 heavy (non-hydrogen) atoms. The van der Waals surface area contributed by atoms with Crippen molar-refractivity contribution in [2.45, 2.75) is 88.7 Å². The van der Waals surface area contributed by atoms with Crippen LogP contribution in [0.5, 0.6) is 0 Å². The van der Waals surface area contributed by atoms with E-state index in [-0.39, 0.29) is 4.90 Å². The number of hydrogen-bond donors (Lipinski definition) is 3. The molecule has 2 unspecified atom stereocenters. The van der Waals surface area contributed by atoms with Gasteiger partial charge in [0.25, 0.3) is 10.1 Å². The highest BCUT2D eigenvalue weighted by atomic mass is 32.2. The fourth-order valence-corrected chi connectivity index (χ4v) is 4.90. The first-order valence-corrected chi connectivity index (χ1v) is 13.3. The smallest absolute Gasteiger partial charge is 0.295 e. The molecular formula is C25H39NO5S. The molecule has 180 valence electrons. The lowest BCUT2D eigenvalue weighted by Crippen LogP contribution is -2.37. The SMILES string of the molecule is CCCCCCCCCCC(O)CN(CC(C)O)c1ccc(S(=O)(=O)O)c2ccccc12. The first-order chi connectivity index (χ1) is 15.2. The summed E-state index contributed by atoms with van der Waals surface area (Å²) >= 11 is 0. The Morgan fingerprint density at radius 2 is 1.44 bits per heavy atom. The summed E-state index contributed by atoms with van der Waals surface area (Å²) < 4.78 is 33.2. The van der Waals surface area contributed by atoms with Crippen LogP contribution in [0, 0.1) is 0 Å². The minimum atomic E-state index is -4.36. The Kier molecular flexibility index (Phi) is 10.9. The molecule has 0 bridgehead atoms. The van der Waals surface area contributed by atoms with E-state index < -0.39 is 22.3 Å². The Hall–Kier alpha value is -1.67. The van der Waals surface area contributed by atoms with Gasteiger partial charge in [0.2, 0.25) is 0 Å². The predicted molar refractivity (Wildman–Crippen MR) is 131 cm³/mol. The molecular weight excluding hydrogens is 426 g/mol. The molecule has 0 aliphatic rings. The van der Waals surface area contributed by atoms with Crippen molar-refractivity contribution in [2.24, 2.45) is 0 Å². The minimum Gasteiger partial charge on any atom is -0.392 e. The zero-order valence-corrected chi connectivity index (χ0v) is 20.2. The lowest BCUT2D eigenvalue weighted by Gasteiger charge is -2.30. The topological polar surface area (TPSA) is 98.1 Å². The van der Waals surface area contributed by atoms with Crippen LogP contribution in [-0.4, -0.2) is 48.5 Å². The van der Waals surface area contributed by atoms with Gasteiger partial charge in [0, 0.05) is 29.5 Å². The number of rotatable bonds is 15. The maximum absolute atomic E-state index is 11.8. The molecule has 0 amide bonds. The maximum Gasteiger partial charge on any atom is 0.295 e. The Balaban J connectivity index is 2.07. The Morgan fingerprint density at radius 1 is 0.844 bits per heavy atom. The van der Waals surface area contributed by atoms with Gasteiger partial charge in [-0.15, -0.1) is 0 Å². The molecule has 0 saturated heterocycles. The fourth-order valence-electron chi connectivity index (χ4n) is 4.21. The second-order valence-electron chi connectivity index (χ2n) is 8.77. The third kappa shape index (κ3) is 8.35. The molecule has 0 spiro atoms. The summed E-state index contributed by atoms with van der Waals surface area (Å²) in [7, 11) is -4.36. The van der Waals surface area contributed by atoms with Crippen LogP contribution < -0.4 is 4.90 Å². The van der Waals surface area contributed by atoms with Crippen molar-refractivity contribution >= 4 is 26.6 Å². The van der Waals surface area contributed by atoms with Crippen LogP contribution in [0.4, 0.5) is 5.69 Å². The van der Waals surface area contributed by atoms with Crippen LogP contribution >= 0.6 is 0 Å². The summed E-state index contributed by atoms with van der Waals surface area (Å²) in [5.74, 6) is 0. The largest absolute Gasteiger partial charge is 0.392 e. The second-order valence-corrected chi connectivity index (χ2v) is 10.2. The van der Waals surface area contributed by atoms with Gasteiger partial charge in [-0.2, -0.15) is 8.42 Å². The highest BCUT2D eigenvalue weighted by Gasteiger charge is 2.20. The predicted octanol–water partition coefficient (Wildman–Crippen LogP) is 5.17. The van der Waals surface area contributed by atoms with Crippen LogP contribution in [0.1, 0.15) is 71.6 Å².